The van der Waals surface area contributed by atoms with E-state index in [0.717, 1.165) is 18.7 Å². The quantitative estimate of drug-likeness (QED) is 0.747. The van der Waals surface area contributed by atoms with Crippen molar-refractivity contribution in [1.29, 1.82) is 0 Å². The Hall–Kier alpha value is -1.29. The molecule has 1 atom stereocenters. The molecule has 0 saturated carbocycles. The minimum absolute atomic E-state index is 0.217. The summed E-state index contributed by atoms with van der Waals surface area (Å²) in [5.41, 5.74) is 6.54. The van der Waals surface area contributed by atoms with Crippen LogP contribution in [0.5, 0.6) is 0 Å². The molecule has 1 heterocycles. The van der Waals surface area contributed by atoms with Crippen molar-refractivity contribution in [3.05, 3.63) is 18.3 Å². The number of ether oxygens (including phenoxy) is 1. The number of rotatable bonds is 5. The number of anilines is 2. The Morgan fingerprint density at radius 3 is 3.00 bits per heavy atom. The zero-order valence-corrected chi connectivity index (χ0v) is 8.66. The van der Waals surface area contributed by atoms with E-state index < -0.39 is 0 Å². The highest BCUT2D eigenvalue weighted by molar-refractivity contribution is 5.60. The fourth-order valence-electron chi connectivity index (χ4n) is 1.19. The van der Waals surface area contributed by atoms with Crippen molar-refractivity contribution < 1.29 is 4.74 Å². The highest BCUT2D eigenvalue weighted by Gasteiger charge is 2.04. The van der Waals surface area contributed by atoms with E-state index in [0.29, 0.717) is 5.82 Å². The zero-order valence-electron chi connectivity index (χ0n) is 8.66. The van der Waals surface area contributed by atoms with Gasteiger partial charge in [-0.05, 0) is 18.6 Å². The van der Waals surface area contributed by atoms with Gasteiger partial charge in [0.15, 0.2) is 0 Å². The van der Waals surface area contributed by atoms with Gasteiger partial charge >= 0.3 is 0 Å². The van der Waals surface area contributed by atoms with E-state index >= 15 is 0 Å². The Balaban J connectivity index is 2.49. The lowest BCUT2D eigenvalue weighted by Crippen LogP contribution is -2.21. The molecule has 1 aromatic heterocycles. The number of nitrogens with two attached hydrogens (primary N) is 1. The minimum atomic E-state index is 0.217. The third-order valence-electron chi connectivity index (χ3n) is 2.15. The summed E-state index contributed by atoms with van der Waals surface area (Å²) in [5, 5.41) is 3.20. The number of nitrogens with one attached hydrogen (secondary N) is 1. The fraction of sp³-hybridized carbons (Fsp3) is 0.500. The average molecular weight is 195 g/mol. The second kappa shape index (κ2) is 5.44. The molecule has 0 aliphatic rings. The van der Waals surface area contributed by atoms with Crippen molar-refractivity contribution in [3.8, 4) is 0 Å². The molecule has 1 aromatic rings. The normalized spacial score (nSPS) is 12.4. The van der Waals surface area contributed by atoms with Gasteiger partial charge < -0.3 is 15.8 Å². The summed E-state index contributed by atoms with van der Waals surface area (Å²) in [5.74, 6) is 0.526. The van der Waals surface area contributed by atoms with Crippen molar-refractivity contribution in [2.24, 2.45) is 0 Å². The Labute approximate surface area is 84.5 Å². The molecule has 3 N–H and O–H groups in total. The van der Waals surface area contributed by atoms with Crippen LogP contribution in [0.3, 0.4) is 0 Å². The third-order valence-corrected chi connectivity index (χ3v) is 2.15. The van der Waals surface area contributed by atoms with Gasteiger partial charge in [0.2, 0.25) is 0 Å². The monoisotopic (exact) mass is 195 g/mol. The molecule has 0 saturated heterocycles. The second-order valence-electron chi connectivity index (χ2n) is 3.08. The molecule has 14 heavy (non-hydrogen) atoms. The molecular formula is C10H17N3O. The van der Waals surface area contributed by atoms with Gasteiger partial charge in [-0.1, -0.05) is 6.92 Å². The predicted octanol–water partition coefficient (Wildman–Crippen LogP) is 1.50. The van der Waals surface area contributed by atoms with Crippen LogP contribution in [0.15, 0.2) is 18.3 Å². The molecule has 1 rings (SSSR count). The van der Waals surface area contributed by atoms with Crippen LogP contribution in [0.2, 0.25) is 0 Å². The Morgan fingerprint density at radius 2 is 2.43 bits per heavy atom. The van der Waals surface area contributed by atoms with Crippen LogP contribution >= 0.6 is 0 Å². The van der Waals surface area contributed by atoms with E-state index in [1.165, 1.54) is 0 Å². The predicted molar refractivity (Wildman–Crippen MR) is 58.2 cm³/mol. The van der Waals surface area contributed by atoms with Gasteiger partial charge in [-0.3, -0.25) is 0 Å². The second-order valence-corrected chi connectivity index (χ2v) is 3.08. The van der Waals surface area contributed by atoms with Crippen LogP contribution in [0.25, 0.3) is 0 Å². The van der Waals surface area contributed by atoms with E-state index in [9.17, 15) is 0 Å². The molecular weight excluding hydrogens is 178 g/mol. The number of methoxy groups -OCH3 is 1. The van der Waals surface area contributed by atoms with E-state index in [2.05, 4.69) is 17.2 Å². The van der Waals surface area contributed by atoms with Crippen molar-refractivity contribution in [2.75, 3.05) is 24.7 Å². The van der Waals surface area contributed by atoms with Gasteiger partial charge in [-0.2, -0.15) is 0 Å². The van der Waals surface area contributed by atoms with Crippen LogP contribution in [0, 0.1) is 0 Å². The number of hydrogen-bond acceptors (Lipinski definition) is 4. The molecule has 4 heteroatoms. The maximum Gasteiger partial charge on any atom is 0.146 e. The highest BCUT2D eigenvalue weighted by atomic mass is 16.5. The Morgan fingerprint density at radius 1 is 1.64 bits per heavy atom. The lowest BCUT2D eigenvalue weighted by atomic mass is 10.2. The first-order chi connectivity index (χ1) is 6.77. The number of nitrogens with zero attached hydrogens (tertiary/aromatic N) is 1. The molecule has 0 bridgehead atoms. The van der Waals surface area contributed by atoms with E-state index in [-0.39, 0.29) is 6.10 Å². The van der Waals surface area contributed by atoms with E-state index in [1.807, 2.05) is 12.1 Å². The summed E-state index contributed by atoms with van der Waals surface area (Å²) in [6, 6.07) is 3.76. The standard InChI is InChI=1S/C10H17N3O/c1-3-8(14-2)7-13-9-5-4-6-12-10(9)11/h4-6,8,13H,3,7H2,1-2H3,(H2,11,12). The number of aromatic nitrogens is 1. The summed E-state index contributed by atoms with van der Waals surface area (Å²) in [4.78, 5) is 3.98. The topological polar surface area (TPSA) is 60.2 Å². The highest BCUT2D eigenvalue weighted by Crippen LogP contribution is 2.13. The molecule has 0 aliphatic carbocycles. The molecule has 0 aromatic carbocycles. The number of nitrogen functional groups attached to an aromatic ring is 1. The van der Waals surface area contributed by atoms with Crippen molar-refractivity contribution in [2.45, 2.75) is 19.4 Å². The van der Waals surface area contributed by atoms with Crippen molar-refractivity contribution >= 4 is 11.5 Å². The SMILES string of the molecule is CCC(CNc1cccnc1N)OC. The van der Waals surface area contributed by atoms with Crippen LogP contribution in [-0.2, 0) is 4.74 Å². The summed E-state index contributed by atoms with van der Waals surface area (Å²) >= 11 is 0. The van der Waals surface area contributed by atoms with E-state index in [4.69, 9.17) is 10.5 Å². The molecule has 1 unspecified atom stereocenters. The Kier molecular flexibility index (Phi) is 4.19. The maximum atomic E-state index is 5.68. The number of hydrogen-bond donors (Lipinski definition) is 2. The maximum absolute atomic E-state index is 5.68. The lowest BCUT2D eigenvalue weighted by molar-refractivity contribution is 0.110. The average Bonchev–Trinajstić information content (AvgIpc) is 2.22. The largest absolute Gasteiger partial charge is 0.382 e. The molecule has 0 fully saturated rings. The van der Waals surface area contributed by atoms with Crippen LogP contribution in [-0.4, -0.2) is 24.7 Å². The smallest absolute Gasteiger partial charge is 0.146 e. The molecule has 0 spiro atoms. The lowest BCUT2D eigenvalue weighted by Gasteiger charge is -2.15. The first kappa shape index (κ1) is 10.8. The molecule has 78 valence electrons. The number of pyridine rings is 1. The van der Waals surface area contributed by atoms with Crippen LogP contribution in [0.1, 0.15) is 13.3 Å². The molecule has 0 amide bonds. The van der Waals surface area contributed by atoms with Crippen molar-refractivity contribution in [1.82, 2.24) is 4.98 Å². The molecule has 0 aliphatic heterocycles. The molecule has 0 radical (unpaired) electrons. The van der Waals surface area contributed by atoms with Gasteiger partial charge in [0.25, 0.3) is 0 Å². The van der Waals surface area contributed by atoms with Gasteiger partial charge in [0.05, 0.1) is 11.8 Å². The van der Waals surface area contributed by atoms with Crippen LogP contribution < -0.4 is 11.1 Å². The third kappa shape index (κ3) is 2.88. The first-order valence-corrected chi connectivity index (χ1v) is 4.75. The first-order valence-electron chi connectivity index (χ1n) is 4.75. The van der Waals surface area contributed by atoms with Gasteiger partial charge in [0, 0.05) is 19.9 Å². The summed E-state index contributed by atoms with van der Waals surface area (Å²) < 4.78 is 5.24. The fourth-order valence-corrected chi connectivity index (χ4v) is 1.19. The Bertz CT molecular complexity index is 274. The van der Waals surface area contributed by atoms with Gasteiger partial charge in [-0.25, -0.2) is 4.98 Å². The minimum Gasteiger partial charge on any atom is -0.382 e. The van der Waals surface area contributed by atoms with Gasteiger partial charge in [-0.15, -0.1) is 0 Å². The van der Waals surface area contributed by atoms with Crippen molar-refractivity contribution in [3.63, 3.8) is 0 Å². The zero-order chi connectivity index (χ0) is 10.4. The van der Waals surface area contributed by atoms with E-state index in [1.54, 1.807) is 13.3 Å². The summed E-state index contributed by atoms with van der Waals surface area (Å²) in [6.45, 7) is 2.84. The summed E-state index contributed by atoms with van der Waals surface area (Å²) in [7, 11) is 1.71. The summed E-state index contributed by atoms with van der Waals surface area (Å²) in [6.07, 6.45) is 2.87. The van der Waals surface area contributed by atoms with Crippen LogP contribution in [0.4, 0.5) is 11.5 Å². The molecule has 4 nitrogen and oxygen atoms in total. The van der Waals surface area contributed by atoms with Gasteiger partial charge in [0.1, 0.15) is 5.82 Å².